The lowest BCUT2D eigenvalue weighted by Gasteiger charge is -2.05. The molecule has 20 heavy (non-hydrogen) atoms. The normalized spacial score (nSPS) is 10.9. The summed E-state index contributed by atoms with van der Waals surface area (Å²) in [6.07, 6.45) is 7.43. The maximum absolute atomic E-state index is 6.02. The number of aryl methyl sites for hydroxylation is 2. The maximum Gasteiger partial charge on any atom is 0.153 e. The van der Waals surface area contributed by atoms with Gasteiger partial charge in [0.25, 0.3) is 0 Å². The zero-order chi connectivity index (χ0) is 14.4. The fraction of sp³-hybridized carbons (Fsp3) is 0.471. The Balaban J connectivity index is 2.05. The molecule has 108 valence electrons. The molecule has 0 unspecified atom stereocenters. The summed E-state index contributed by atoms with van der Waals surface area (Å²) < 4.78 is 0. The van der Waals surface area contributed by atoms with E-state index >= 15 is 0 Å². The van der Waals surface area contributed by atoms with Gasteiger partial charge in [-0.3, -0.25) is 5.10 Å². The molecule has 2 rings (SSSR count). The van der Waals surface area contributed by atoms with Crippen molar-refractivity contribution in [3.8, 4) is 11.1 Å². The van der Waals surface area contributed by atoms with E-state index < -0.39 is 0 Å². The summed E-state index contributed by atoms with van der Waals surface area (Å²) in [4.78, 5) is 0. The van der Waals surface area contributed by atoms with Crippen LogP contribution in [0.25, 0.3) is 11.1 Å². The lowest BCUT2D eigenvalue weighted by Crippen LogP contribution is -1.92. The number of nitrogens with one attached hydrogen (secondary N) is 1. The van der Waals surface area contributed by atoms with Gasteiger partial charge < -0.3 is 5.73 Å². The number of aromatic nitrogens is 2. The van der Waals surface area contributed by atoms with Crippen molar-refractivity contribution in [3.05, 3.63) is 35.5 Å². The van der Waals surface area contributed by atoms with Crippen LogP contribution in [0.15, 0.2) is 24.3 Å². The van der Waals surface area contributed by atoms with Crippen LogP contribution in [0.2, 0.25) is 0 Å². The molecule has 1 aromatic heterocycles. The van der Waals surface area contributed by atoms with E-state index in [-0.39, 0.29) is 0 Å². The molecule has 0 aliphatic carbocycles. The molecule has 1 aromatic carbocycles. The number of nitrogens with zero attached hydrogens (tertiary/aromatic N) is 1. The predicted octanol–water partition coefficient (Wildman–Crippen LogP) is 4.48. The lowest BCUT2D eigenvalue weighted by atomic mass is 10.0. The number of benzene rings is 1. The molecular weight excluding hydrogens is 246 g/mol. The molecule has 0 aliphatic rings. The Morgan fingerprint density at radius 3 is 2.45 bits per heavy atom. The number of nitrogens with two attached hydrogens (primary N) is 1. The van der Waals surface area contributed by atoms with Gasteiger partial charge in [0.2, 0.25) is 0 Å². The van der Waals surface area contributed by atoms with E-state index in [0.29, 0.717) is 5.82 Å². The van der Waals surface area contributed by atoms with E-state index in [1.165, 1.54) is 43.4 Å². The number of hydrogen-bond donors (Lipinski definition) is 2. The zero-order valence-electron chi connectivity index (χ0n) is 12.6. The molecule has 0 spiro atoms. The van der Waals surface area contributed by atoms with Crippen molar-refractivity contribution >= 4 is 5.82 Å². The first-order valence-corrected chi connectivity index (χ1v) is 7.62. The third-order valence-corrected chi connectivity index (χ3v) is 3.74. The molecule has 1 heterocycles. The fourth-order valence-electron chi connectivity index (χ4n) is 2.52. The Morgan fingerprint density at radius 2 is 1.75 bits per heavy atom. The molecule has 3 heteroatoms. The molecule has 0 radical (unpaired) electrons. The first-order chi connectivity index (χ1) is 9.72. The summed E-state index contributed by atoms with van der Waals surface area (Å²) in [6.45, 7) is 4.34. The number of anilines is 1. The van der Waals surface area contributed by atoms with E-state index in [4.69, 9.17) is 5.73 Å². The van der Waals surface area contributed by atoms with Crippen molar-refractivity contribution in [1.29, 1.82) is 0 Å². The third kappa shape index (κ3) is 3.62. The number of unbranched alkanes of at least 4 members (excludes halogenated alkanes) is 4. The Bertz CT molecular complexity index is 526. The van der Waals surface area contributed by atoms with Crippen LogP contribution in [-0.2, 0) is 6.42 Å². The second-order valence-electron chi connectivity index (χ2n) is 5.49. The topological polar surface area (TPSA) is 54.7 Å². The van der Waals surface area contributed by atoms with Crippen LogP contribution in [-0.4, -0.2) is 10.2 Å². The highest BCUT2D eigenvalue weighted by Crippen LogP contribution is 2.29. The average Bonchev–Trinajstić information content (AvgIpc) is 2.81. The molecule has 3 N–H and O–H groups in total. The highest BCUT2D eigenvalue weighted by Gasteiger charge is 2.12. The van der Waals surface area contributed by atoms with Crippen molar-refractivity contribution in [2.75, 3.05) is 5.73 Å². The standard InChI is InChI=1S/C17H25N3/c1-3-4-5-6-7-8-15-16(17(18)20-19-15)14-11-9-13(2)10-12-14/h9-12H,3-8H2,1-2H3,(H3,18,19,20). The minimum atomic E-state index is 0.609. The van der Waals surface area contributed by atoms with E-state index in [9.17, 15) is 0 Å². The van der Waals surface area contributed by atoms with E-state index in [2.05, 4.69) is 48.3 Å². The molecule has 0 amide bonds. The smallest absolute Gasteiger partial charge is 0.153 e. The van der Waals surface area contributed by atoms with E-state index in [1.807, 2.05) is 0 Å². The van der Waals surface area contributed by atoms with Gasteiger partial charge in [-0.2, -0.15) is 5.10 Å². The summed E-state index contributed by atoms with van der Waals surface area (Å²) in [6, 6.07) is 8.48. The lowest BCUT2D eigenvalue weighted by molar-refractivity contribution is 0.628. The molecule has 2 aromatic rings. The summed E-state index contributed by atoms with van der Waals surface area (Å²) >= 11 is 0. The van der Waals surface area contributed by atoms with E-state index in [0.717, 1.165) is 17.5 Å². The number of nitrogen functional groups attached to an aromatic ring is 1. The Morgan fingerprint density at radius 1 is 1.05 bits per heavy atom. The van der Waals surface area contributed by atoms with Crippen LogP contribution >= 0.6 is 0 Å². The predicted molar refractivity (Wildman–Crippen MR) is 85.6 cm³/mol. The average molecular weight is 271 g/mol. The van der Waals surface area contributed by atoms with Crippen LogP contribution < -0.4 is 5.73 Å². The number of H-pyrrole nitrogens is 1. The molecule has 0 saturated carbocycles. The summed E-state index contributed by atoms with van der Waals surface area (Å²) in [7, 11) is 0. The van der Waals surface area contributed by atoms with Crippen molar-refractivity contribution in [2.24, 2.45) is 0 Å². The van der Waals surface area contributed by atoms with Crippen LogP contribution in [0.5, 0.6) is 0 Å². The summed E-state index contributed by atoms with van der Waals surface area (Å²) in [5, 5.41) is 7.29. The first kappa shape index (κ1) is 14.6. The van der Waals surface area contributed by atoms with Crippen molar-refractivity contribution < 1.29 is 0 Å². The first-order valence-electron chi connectivity index (χ1n) is 7.62. The van der Waals surface area contributed by atoms with Gasteiger partial charge in [-0.05, 0) is 25.3 Å². The third-order valence-electron chi connectivity index (χ3n) is 3.74. The maximum atomic E-state index is 6.02. The summed E-state index contributed by atoms with van der Waals surface area (Å²) in [5.41, 5.74) is 10.7. The largest absolute Gasteiger partial charge is 0.382 e. The Hall–Kier alpha value is -1.77. The molecule has 0 saturated heterocycles. The number of rotatable bonds is 7. The van der Waals surface area contributed by atoms with Crippen LogP contribution in [0.1, 0.15) is 50.3 Å². The van der Waals surface area contributed by atoms with Gasteiger partial charge in [0, 0.05) is 11.3 Å². The number of aromatic amines is 1. The Labute approximate surface area is 121 Å². The SMILES string of the molecule is CCCCCCCc1[nH]nc(N)c1-c1ccc(C)cc1. The Kier molecular flexibility index (Phi) is 5.22. The molecule has 0 atom stereocenters. The van der Waals surface area contributed by atoms with Gasteiger partial charge in [-0.15, -0.1) is 0 Å². The minimum Gasteiger partial charge on any atom is -0.382 e. The van der Waals surface area contributed by atoms with Crippen LogP contribution in [0.3, 0.4) is 0 Å². The fourth-order valence-corrected chi connectivity index (χ4v) is 2.52. The van der Waals surface area contributed by atoms with Crippen LogP contribution in [0.4, 0.5) is 5.82 Å². The molecule has 0 aliphatic heterocycles. The second-order valence-corrected chi connectivity index (χ2v) is 5.49. The van der Waals surface area contributed by atoms with Gasteiger partial charge in [0.1, 0.15) is 0 Å². The molecule has 0 bridgehead atoms. The zero-order valence-corrected chi connectivity index (χ0v) is 12.6. The van der Waals surface area contributed by atoms with Crippen molar-refractivity contribution in [1.82, 2.24) is 10.2 Å². The van der Waals surface area contributed by atoms with Gasteiger partial charge in [0.15, 0.2) is 5.82 Å². The van der Waals surface area contributed by atoms with Crippen molar-refractivity contribution in [3.63, 3.8) is 0 Å². The quantitative estimate of drug-likeness (QED) is 0.729. The highest BCUT2D eigenvalue weighted by molar-refractivity contribution is 5.76. The second kappa shape index (κ2) is 7.13. The number of hydrogen-bond acceptors (Lipinski definition) is 2. The molecule has 0 fully saturated rings. The minimum absolute atomic E-state index is 0.609. The van der Waals surface area contributed by atoms with Gasteiger partial charge >= 0.3 is 0 Å². The van der Waals surface area contributed by atoms with E-state index in [1.54, 1.807) is 0 Å². The van der Waals surface area contributed by atoms with Crippen molar-refractivity contribution in [2.45, 2.75) is 52.4 Å². The van der Waals surface area contributed by atoms with Gasteiger partial charge in [-0.1, -0.05) is 62.4 Å². The van der Waals surface area contributed by atoms with Gasteiger partial charge in [0.05, 0.1) is 0 Å². The van der Waals surface area contributed by atoms with Gasteiger partial charge in [-0.25, -0.2) is 0 Å². The summed E-state index contributed by atoms with van der Waals surface area (Å²) in [5.74, 6) is 0.609. The molecular formula is C17H25N3. The highest BCUT2D eigenvalue weighted by atomic mass is 15.2. The van der Waals surface area contributed by atoms with Crippen LogP contribution in [0, 0.1) is 6.92 Å². The molecule has 3 nitrogen and oxygen atoms in total. The monoisotopic (exact) mass is 271 g/mol.